The topological polar surface area (TPSA) is 12.0 Å². The smallest absolute Gasteiger partial charge is 0.138 e. The fraction of sp³-hybridized carbons (Fsp3) is 0.0769. The third-order valence-electron chi connectivity index (χ3n) is 2.43. The molecule has 94 valence electrons. The van der Waals surface area contributed by atoms with E-state index in [0.29, 0.717) is 15.1 Å². The minimum Gasteiger partial charge on any atom is -0.380 e. The van der Waals surface area contributed by atoms with Crippen LogP contribution < -0.4 is 5.32 Å². The lowest BCUT2D eigenvalue weighted by Crippen LogP contribution is -2.02. The summed E-state index contributed by atoms with van der Waals surface area (Å²) in [6.07, 6.45) is 0. The van der Waals surface area contributed by atoms with E-state index in [1.54, 1.807) is 6.07 Å². The molecular formula is C13H9BrClFIN. The minimum absolute atomic E-state index is 0.221. The maximum absolute atomic E-state index is 13.4. The van der Waals surface area contributed by atoms with Gasteiger partial charge in [-0.15, -0.1) is 0 Å². The molecule has 5 heteroatoms. The highest BCUT2D eigenvalue weighted by Gasteiger charge is 2.06. The highest BCUT2D eigenvalue weighted by molar-refractivity contribution is 14.1. The van der Waals surface area contributed by atoms with Crippen molar-refractivity contribution in [3.05, 3.63) is 60.8 Å². The first-order chi connectivity index (χ1) is 8.58. The lowest BCUT2D eigenvalue weighted by molar-refractivity contribution is 0.621. The molecule has 1 N–H and O–H groups in total. The molecule has 0 saturated heterocycles. The van der Waals surface area contributed by atoms with E-state index in [0.717, 1.165) is 15.7 Å². The van der Waals surface area contributed by atoms with E-state index < -0.39 is 0 Å². The number of halogens is 4. The van der Waals surface area contributed by atoms with Crippen LogP contribution in [0.5, 0.6) is 0 Å². The van der Waals surface area contributed by atoms with Gasteiger partial charge < -0.3 is 5.32 Å². The molecule has 0 bridgehead atoms. The molecule has 18 heavy (non-hydrogen) atoms. The van der Waals surface area contributed by atoms with Gasteiger partial charge in [-0.05, 0) is 58.5 Å². The molecule has 0 saturated carbocycles. The van der Waals surface area contributed by atoms with Gasteiger partial charge in [-0.1, -0.05) is 33.6 Å². The molecule has 0 unspecified atom stereocenters. The van der Waals surface area contributed by atoms with E-state index in [1.807, 2.05) is 46.9 Å². The number of benzene rings is 2. The van der Waals surface area contributed by atoms with Gasteiger partial charge in [-0.3, -0.25) is 0 Å². The van der Waals surface area contributed by atoms with E-state index >= 15 is 0 Å². The fourth-order valence-electron chi connectivity index (χ4n) is 1.51. The van der Waals surface area contributed by atoms with Crippen molar-refractivity contribution in [3.63, 3.8) is 0 Å². The Bertz CT molecular complexity index is 575. The molecule has 0 aliphatic carbocycles. The monoisotopic (exact) mass is 439 g/mol. The Morgan fingerprint density at radius 1 is 1.28 bits per heavy atom. The molecule has 0 radical (unpaired) electrons. The molecule has 0 amide bonds. The fourth-order valence-corrected chi connectivity index (χ4v) is 2.65. The zero-order valence-electron chi connectivity index (χ0n) is 9.18. The van der Waals surface area contributed by atoms with Gasteiger partial charge in [0.1, 0.15) is 5.82 Å². The lowest BCUT2D eigenvalue weighted by Gasteiger charge is -2.10. The van der Waals surface area contributed by atoms with Gasteiger partial charge in [0.15, 0.2) is 0 Å². The van der Waals surface area contributed by atoms with Crippen molar-refractivity contribution in [3.8, 4) is 0 Å². The molecule has 0 spiro atoms. The van der Waals surface area contributed by atoms with Gasteiger partial charge in [0, 0.05) is 16.0 Å². The van der Waals surface area contributed by atoms with Gasteiger partial charge >= 0.3 is 0 Å². The molecule has 0 fully saturated rings. The standard InChI is InChI=1S/C13H9BrClFIN/c14-9-4-5-10(15)8(6-9)7-18-12-3-1-2-11(16)13(12)17/h1-6,18H,7H2. The van der Waals surface area contributed by atoms with Crippen molar-refractivity contribution < 1.29 is 4.39 Å². The normalized spacial score (nSPS) is 10.4. The van der Waals surface area contributed by atoms with Crippen LogP contribution in [-0.4, -0.2) is 0 Å². The van der Waals surface area contributed by atoms with E-state index in [4.69, 9.17) is 11.6 Å². The number of hydrogen-bond donors (Lipinski definition) is 1. The predicted octanol–water partition coefficient (Wildman–Crippen LogP) is 5.46. The largest absolute Gasteiger partial charge is 0.380 e. The molecule has 2 aromatic carbocycles. The van der Waals surface area contributed by atoms with Crippen LogP contribution in [0.15, 0.2) is 40.9 Å². The van der Waals surface area contributed by atoms with E-state index in [-0.39, 0.29) is 5.82 Å². The van der Waals surface area contributed by atoms with Gasteiger partial charge in [-0.25, -0.2) is 4.39 Å². The van der Waals surface area contributed by atoms with Crippen LogP contribution in [0.1, 0.15) is 5.56 Å². The molecule has 0 aromatic heterocycles. The van der Waals surface area contributed by atoms with Crippen molar-refractivity contribution in [2.24, 2.45) is 0 Å². The molecule has 0 heterocycles. The Morgan fingerprint density at radius 3 is 2.83 bits per heavy atom. The number of nitrogens with one attached hydrogen (secondary N) is 1. The zero-order valence-corrected chi connectivity index (χ0v) is 13.7. The third-order valence-corrected chi connectivity index (χ3v) is 4.39. The zero-order chi connectivity index (χ0) is 13.1. The molecule has 0 atom stereocenters. The molecule has 0 aliphatic rings. The Labute approximate surface area is 132 Å². The summed E-state index contributed by atoms with van der Waals surface area (Å²) in [6, 6.07) is 10.6. The van der Waals surface area contributed by atoms with Crippen LogP contribution >= 0.6 is 50.1 Å². The summed E-state index contributed by atoms with van der Waals surface area (Å²) in [7, 11) is 0. The summed E-state index contributed by atoms with van der Waals surface area (Å²) >= 11 is 11.5. The first-order valence-corrected chi connectivity index (χ1v) is 7.44. The van der Waals surface area contributed by atoms with Gasteiger partial charge in [0.05, 0.1) is 9.26 Å². The first kappa shape index (κ1) is 14.1. The summed E-state index contributed by atoms with van der Waals surface area (Å²) in [6.45, 7) is 0.553. The van der Waals surface area contributed by atoms with Crippen molar-refractivity contribution in [2.45, 2.75) is 6.54 Å². The Morgan fingerprint density at radius 2 is 2.06 bits per heavy atom. The van der Waals surface area contributed by atoms with Crippen LogP contribution in [0, 0.1) is 9.39 Å². The van der Waals surface area contributed by atoms with Gasteiger partial charge in [0.25, 0.3) is 0 Å². The summed E-state index contributed by atoms with van der Waals surface area (Å²) in [5.41, 5.74) is 1.73. The van der Waals surface area contributed by atoms with E-state index in [9.17, 15) is 4.39 Å². The van der Waals surface area contributed by atoms with Crippen LogP contribution in [0.2, 0.25) is 5.02 Å². The first-order valence-electron chi connectivity index (χ1n) is 5.20. The van der Waals surface area contributed by atoms with Gasteiger partial charge in [-0.2, -0.15) is 0 Å². The van der Waals surface area contributed by atoms with E-state index in [2.05, 4.69) is 21.2 Å². The Hall–Kier alpha value is -0.330. The average Bonchev–Trinajstić information content (AvgIpc) is 2.35. The number of anilines is 1. The average molecular weight is 440 g/mol. The summed E-state index contributed by atoms with van der Waals surface area (Å²) in [4.78, 5) is 0. The van der Waals surface area contributed by atoms with Gasteiger partial charge in [0.2, 0.25) is 0 Å². The summed E-state index contributed by atoms with van der Waals surface area (Å²) in [5.74, 6) is -0.221. The number of rotatable bonds is 3. The third kappa shape index (κ3) is 3.36. The van der Waals surface area contributed by atoms with Crippen LogP contribution in [0.25, 0.3) is 0 Å². The van der Waals surface area contributed by atoms with Crippen molar-refractivity contribution >= 4 is 55.8 Å². The minimum atomic E-state index is -0.221. The SMILES string of the molecule is Fc1cccc(NCc2cc(Br)ccc2Cl)c1I. The highest BCUT2D eigenvalue weighted by atomic mass is 127. The second kappa shape index (κ2) is 6.21. The molecule has 2 aromatic rings. The Kier molecular flexibility index (Phi) is 4.86. The van der Waals surface area contributed by atoms with Crippen LogP contribution in [-0.2, 0) is 6.54 Å². The summed E-state index contributed by atoms with van der Waals surface area (Å²) < 4.78 is 14.9. The van der Waals surface area contributed by atoms with Crippen molar-refractivity contribution in [2.75, 3.05) is 5.32 Å². The molecule has 2 rings (SSSR count). The van der Waals surface area contributed by atoms with Crippen LogP contribution in [0.4, 0.5) is 10.1 Å². The quantitative estimate of drug-likeness (QED) is 0.625. The lowest BCUT2D eigenvalue weighted by atomic mass is 10.2. The highest BCUT2D eigenvalue weighted by Crippen LogP contribution is 2.24. The van der Waals surface area contributed by atoms with Crippen molar-refractivity contribution in [1.82, 2.24) is 0 Å². The number of hydrogen-bond acceptors (Lipinski definition) is 1. The maximum atomic E-state index is 13.4. The van der Waals surface area contributed by atoms with Crippen LogP contribution in [0.3, 0.4) is 0 Å². The second-order valence-electron chi connectivity index (χ2n) is 3.69. The Balaban J connectivity index is 2.16. The summed E-state index contributed by atoms with van der Waals surface area (Å²) in [5, 5.41) is 3.88. The molecular weight excluding hydrogens is 431 g/mol. The molecule has 1 nitrogen and oxygen atoms in total. The maximum Gasteiger partial charge on any atom is 0.138 e. The molecule has 0 aliphatic heterocycles. The van der Waals surface area contributed by atoms with Crippen molar-refractivity contribution in [1.29, 1.82) is 0 Å². The second-order valence-corrected chi connectivity index (χ2v) is 6.09. The van der Waals surface area contributed by atoms with E-state index in [1.165, 1.54) is 6.07 Å². The predicted molar refractivity (Wildman–Crippen MR) is 85.6 cm³/mol.